The summed E-state index contributed by atoms with van der Waals surface area (Å²) in [6.07, 6.45) is -4.88. The summed E-state index contributed by atoms with van der Waals surface area (Å²) < 4.78 is 54.0. The summed E-state index contributed by atoms with van der Waals surface area (Å²) >= 11 is 0. The van der Waals surface area contributed by atoms with E-state index in [1.54, 1.807) is 24.3 Å². The molecule has 0 aromatic heterocycles. The minimum atomic E-state index is -4.88. The molecule has 0 saturated carbocycles. The topological polar surface area (TPSA) is 41.5 Å². The molecule has 0 fully saturated rings. The van der Waals surface area contributed by atoms with Gasteiger partial charge in [-0.3, -0.25) is 0 Å². The molecule has 3 nitrogen and oxygen atoms in total. The molecule has 0 saturated heterocycles. The van der Waals surface area contributed by atoms with Crippen molar-refractivity contribution in [3.8, 4) is 5.75 Å². The maximum atomic E-state index is 13.1. The zero-order chi connectivity index (χ0) is 16.9. The average molecular weight is 329 g/mol. The number of benzene rings is 2. The number of aliphatic hydroxyl groups is 1. The molecule has 0 heterocycles. The van der Waals surface area contributed by atoms with E-state index in [2.05, 4.69) is 10.1 Å². The number of alkyl halides is 3. The quantitative estimate of drug-likeness (QED) is 0.797. The van der Waals surface area contributed by atoms with Crippen LogP contribution in [0, 0.1) is 5.82 Å². The van der Waals surface area contributed by atoms with Gasteiger partial charge in [0.05, 0.1) is 6.61 Å². The second-order valence-corrected chi connectivity index (χ2v) is 4.83. The Kier molecular flexibility index (Phi) is 5.57. The van der Waals surface area contributed by atoms with E-state index < -0.39 is 17.9 Å². The van der Waals surface area contributed by atoms with Crippen LogP contribution in [0.3, 0.4) is 0 Å². The van der Waals surface area contributed by atoms with Crippen LogP contribution >= 0.6 is 0 Å². The highest BCUT2D eigenvalue weighted by atomic mass is 19.4. The fraction of sp³-hybridized carbons (Fsp3) is 0.250. The van der Waals surface area contributed by atoms with Gasteiger partial charge in [0.2, 0.25) is 0 Å². The molecular weight excluding hydrogens is 314 g/mol. The predicted molar refractivity (Wildman–Crippen MR) is 76.0 cm³/mol. The number of hydrogen-bond acceptors (Lipinski definition) is 3. The van der Waals surface area contributed by atoms with Gasteiger partial charge in [-0.2, -0.15) is 0 Å². The largest absolute Gasteiger partial charge is 0.573 e. The second-order valence-electron chi connectivity index (χ2n) is 4.83. The van der Waals surface area contributed by atoms with Crippen molar-refractivity contribution < 1.29 is 27.4 Å². The fourth-order valence-electron chi connectivity index (χ4n) is 2.11. The summed E-state index contributed by atoms with van der Waals surface area (Å²) in [5, 5.41) is 12.2. The van der Waals surface area contributed by atoms with E-state index in [0.29, 0.717) is 12.6 Å². The number of rotatable bonds is 6. The van der Waals surface area contributed by atoms with Crippen LogP contribution in [0.15, 0.2) is 42.5 Å². The molecule has 0 unspecified atom stereocenters. The van der Waals surface area contributed by atoms with Crippen molar-refractivity contribution in [2.45, 2.75) is 26.1 Å². The molecule has 0 spiro atoms. The van der Waals surface area contributed by atoms with E-state index in [-0.39, 0.29) is 18.7 Å². The minimum absolute atomic E-state index is 0.0610. The SMILES string of the molecule is OCc1ccccc1CNCc1ccc(F)cc1OC(F)(F)F. The zero-order valence-corrected chi connectivity index (χ0v) is 12.0. The van der Waals surface area contributed by atoms with Crippen molar-refractivity contribution >= 4 is 0 Å². The van der Waals surface area contributed by atoms with E-state index >= 15 is 0 Å². The summed E-state index contributed by atoms with van der Waals surface area (Å²) in [6, 6.07) is 10.1. The molecule has 0 bridgehead atoms. The lowest BCUT2D eigenvalue weighted by atomic mass is 10.1. The Morgan fingerprint density at radius 1 is 0.957 bits per heavy atom. The number of aliphatic hydroxyl groups excluding tert-OH is 1. The summed E-state index contributed by atoms with van der Waals surface area (Å²) in [5.74, 6) is -1.38. The van der Waals surface area contributed by atoms with Gasteiger partial charge in [-0.15, -0.1) is 13.2 Å². The number of halogens is 4. The van der Waals surface area contributed by atoms with Gasteiger partial charge in [-0.1, -0.05) is 30.3 Å². The first-order valence-corrected chi connectivity index (χ1v) is 6.81. The summed E-state index contributed by atoms with van der Waals surface area (Å²) in [6.45, 7) is 0.280. The van der Waals surface area contributed by atoms with Crippen molar-refractivity contribution in [1.82, 2.24) is 5.32 Å². The highest BCUT2D eigenvalue weighted by Gasteiger charge is 2.32. The normalized spacial score (nSPS) is 11.5. The Hall–Kier alpha value is -2.12. The lowest BCUT2D eigenvalue weighted by Gasteiger charge is -2.14. The Morgan fingerprint density at radius 3 is 2.26 bits per heavy atom. The standard InChI is InChI=1S/C16H15F4NO2/c17-14-6-5-12(15(7-14)23-16(18,19)20)9-21-8-11-3-1-2-4-13(11)10-22/h1-7,21-22H,8-10H2. The van der Waals surface area contributed by atoms with Gasteiger partial charge < -0.3 is 15.2 Å². The molecule has 0 aliphatic rings. The van der Waals surface area contributed by atoms with Gasteiger partial charge in [0.1, 0.15) is 11.6 Å². The van der Waals surface area contributed by atoms with Gasteiger partial charge in [0.15, 0.2) is 0 Å². The lowest BCUT2D eigenvalue weighted by molar-refractivity contribution is -0.275. The zero-order valence-electron chi connectivity index (χ0n) is 12.0. The molecule has 7 heteroatoms. The average Bonchev–Trinajstić information content (AvgIpc) is 2.48. The van der Waals surface area contributed by atoms with Gasteiger partial charge >= 0.3 is 6.36 Å². The van der Waals surface area contributed by atoms with E-state index in [4.69, 9.17) is 0 Å². The third-order valence-electron chi connectivity index (χ3n) is 3.17. The van der Waals surface area contributed by atoms with Crippen molar-refractivity contribution in [2.24, 2.45) is 0 Å². The van der Waals surface area contributed by atoms with Crippen LogP contribution in [0.5, 0.6) is 5.75 Å². The summed E-state index contributed by atoms with van der Waals surface area (Å²) in [5.41, 5.74) is 1.74. The maximum Gasteiger partial charge on any atom is 0.573 e. The van der Waals surface area contributed by atoms with Crippen LogP contribution in [-0.2, 0) is 19.7 Å². The third-order valence-corrected chi connectivity index (χ3v) is 3.17. The van der Waals surface area contributed by atoms with E-state index in [1.165, 1.54) is 6.07 Å². The fourth-order valence-corrected chi connectivity index (χ4v) is 2.11. The first kappa shape index (κ1) is 17.2. The van der Waals surface area contributed by atoms with Gasteiger partial charge in [0, 0.05) is 24.7 Å². The third kappa shape index (κ3) is 5.22. The second kappa shape index (κ2) is 7.43. The number of ether oxygens (including phenoxy) is 1. The highest BCUT2D eigenvalue weighted by molar-refractivity contribution is 5.34. The highest BCUT2D eigenvalue weighted by Crippen LogP contribution is 2.27. The van der Waals surface area contributed by atoms with E-state index in [1.807, 2.05) is 0 Å². The lowest BCUT2D eigenvalue weighted by Crippen LogP contribution is -2.20. The van der Waals surface area contributed by atoms with Crippen molar-refractivity contribution in [3.05, 3.63) is 65.0 Å². The molecule has 0 aliphatic heterocycles. The van der Waals surface area contributed by atoms with Gasteiger partial charge in [-0.25, -0.2) is 4.39 Å². The van der Waals surface area contributed by atoms with Crippen LogP contribution in [0.1, 0.15) is 16.7 Å². The first-order valence-electron chi connectivity index (χ1n) is 6.81. The molecule has 2 rings (SSSR count). The van der Waals surface area contributed by atoms with Crippen LogP contribution in [0.2, 0.25) is 0 Å². The number of hydrogen-bond donors (Lipinski definition) is 2. The van der Waals surface area contributed by atoms with E-state index in [0.717, 1.165) is 17.2 Å². The van der Waals surface area contributed by atoms with Crippen LogP contribution in [0.25, 0.3) is 0 Å². The van der Waals surface area contributed by atoms with Crippen molar-refractivity contribution in [3.63, 3.8) is 0 Å². The molecule has 2 aromatic rings. The van der Waals surface area contributed by atoms with Crippen LogP contribution < -0.4 is 10.1 Å². The minimum Gasteiger partial charge on any atom is -0.405 e. The maximum absolute atomic E-state index is 13.1. The molecule has 124 valence electrons. The van der Waals surface area contributed by atoms with Crippen molar-refractivity contribution in [1.29, 1.82) is 0 Å². The van der Waals surface area contributed by atoms with Crippen LogP contribution in [0.4, 0.5) is 17.6 Å². The van der Waals surface area contributed by atoms with Gasteiger partial charge in [-0.05, 0) is 17.2 Å². The Balaban J connectivity index is 2.05. The van der Waals surface area contributed by atoms with Crippen molar-refractivity contribution in [2.75, 3.05) is 0 Å². The summed E-state index contributed by atoms with van der Waals surface area (Å²) in [7, 11) is 0. The molecule has 2 N–H and O–H groups in total. The Labute approximate surface area is 130 Å². The Morgan fingerprint density at radius 2 is 1.61 bits per heavy atom. The molecule has 0 radical (unpaired) electrons. The first-order chi connectivity index (χ1) is 10.9. The van der Waals surface area contributed by atoms with Gasteiger partial charge in [0.25, 0.3) is 0 Å². The predicted octanol–water partition coefficient (Wildman–Crippen LogP) is 3.51. The molecule has 0 atom stereocenters. The van der Waals surface area contributed by atoms with Crippen LogP contribution in [-0.4, -0.2) is 11.5 Å². The Bertz CT molecular complexity index is 659. The molecule has 2 aromatic carbocycles. The molecular formula is C16H15F4NO2. The molecule has 23 heavy (non-hydrogen) atoms. The molecule has 0 amide bonds. The smallest absolute Gasteiger partial charge is 0.405 e. The summed E-state index contributed by atoms with van der Waals surface area (Å²) in [4.78, 5) is 0. The number of nitrogens with one attached hydrogen (secondary N) is 1. The van der Waals surface area contributed by atoms with E-state index in [9.17, 15) is 22.7 Å². The monoisotopic (exact) mass is 329 g/mol. The molecule has 0 aliphatic carbocycles.